The SMILES string of the molecule is CC1CCCC([I-]OC2=CC=C(C=O)CC2)=CC2(C)[I-]C1C[C@H]2C. The topological polar surface area (TPSA) is 26.3 Å². The first kappa shape index (κ1) is 18.9. The van der Waals surface area contributed by atoms with Crippen LogP contribution >= 0.6 is 0 Å². The molecule has 2 bridgehead atoms. The van der Waals surface area contributed by atoms with E-state index in [1.807, 2.05) is 12.2 Å². The van der Waals surface area contributed by atoms with Gasteiger partial charge in [0.05, 0.1) is 0 Å². The van der Waals surface area contributed by atoms with Gasteiger partial charge in [0.25, 0.3) is 0 Å². The number of carbonyl (C=O) groups is 1. The number of allylic oxidation sites excluding steroid dienone is 6. The van der Waals surface area contributed by atoms with Crippen molar-refractivity contribution in [1.82, 2.24) is 0 Å². The maximum absolute atomic E-state index is 10.8. The molecule has 0 spiro atoms. The average molecular weight is 554 g/mol. The Balaban J connectivity index is 1.69. The van der Waals surface area contributed by atoms with Gasteiger partial charge in [-0.05, 0) is 0 Å². The number of carbonyl (C=O) groups excluding carboxylic acids is 1. The molecule has 2 nitrogen and oxygen atoms in total. The Kier molecular flexibility index (Phi) is 6.49. The fourth-order valence-electron chi connectivity index (χ4n) is 3.64. The molecular weight excluding hydrogens is 526 g/mol. The third-order valence-electron chi connectivity index (χ3n) is 5.58. The molecular formula is C20H28I2O2-2. The van der Waals surface area contributed by atoms with Gasteiger partial charge in [-0.25, -0.2) is 0 Å². The molecule has 3 unspecified atom stereocenters. The van der Waals surface area contributed by atoms with Crippen LogP contribution in [0, 0.1) is 11.8 Å². The minimum absolute atomic E-state index is 0.234. The van der Waals surface area contributed by atoms with Gasteiger partial charge in [0.2, 0.25) is 0 Å². The van der Waals surface area contributed by atoms with Gasteiger partial charge in [-0.1, -0.05) is 0 Å². The van der Waals surface area contributed by atoms with Gasteiger partial charge >= 0.3 is 169 Å². The Bertz CT molecular complexity index is 578. The number of alkyl halides is 2. The predicted octanol–water partition coefficient (Wildman–Crippen LogP) is -1.23. The van der Waals surface area contributed by atoms with Gasteiger partial charge in [-0.2, -0.15) is 0 Å². The normalized spacial score (nSPS) is 37.1. The molecule has 2 aliphatic heterocycles. The monoisotopic (exact) mass is 554 g/mol. The summed E-state index contributed by atoms with van der Waals surface area (Å²) in [7, 11) is 0. The van der Waals surface area contributed by atoms with Crippen LogP contribution in [0.2, 0.25) is 0 Å². The summed E-state index contributed by atoms with van der Waals surface area (Å²) in [6, 6.07) is 0. The molecule has 0 amide bonds. The Labute approximate surface area is 167 Å². The molecule has 1 fully saturated rings. The van der Waals surface area contributed by atoms with E-state index >= 15 is 0 Å². The van der Waals surface area contributed by atoms with Gasteiger partial charge in [0.1, 0.15) is 0 Å². The number of fused-ring (bicyclic) bond motifs is 2. The third kappa shape index (κ3) is 4.46. The van der Waals surface area contributed by atoms with Gasteiger partial charge < -0.3 is 0 Å². The first-order valence-corrected chi connectivity index (χ1v) is 13.3. The van der Waals surface area contributed by atoms with E-state index in [9.17, 15) is 4.79 Å². The van der Waals surface area contributed by atoms with E-state index in [2.05, 4.69) is 26.8 Å². The fraction of sp³-hybridized carbons (Fsp3) is 0.650. The molecule has 3 aliphatic rings. The van der Waals surface area contributed by atoms with Crippen molar-refractivity contribution in [3.63, 3.8) is 0 Å². The van der Waals surface area contributed by atoms with Crippen LogP contribution < -0.4 is 42.8 Å². The van der Waals surface area contributed by atoms with E-state index in [1.54, 1.807) is 3.58 Å². The van der Waals surface area contributed by atoms with Crippen molar-refractivity contribution in [1.29, 1.82) is 0 Å². The van der Waals surface area contributed by atoms with Crippen LogP contribution in [0.25, 0.3) is 0 Å². The second kappa shape index (κ2) is 8.23. The van der Waals surface area contributed by atoms with Crippen LogP contribution in [0.4, 0.5) is 0 Å². The summed E-state index contributed by atoms with van der Waals surface area (Å²) in [5.41, 5.74) is 0.888. The molecule has 0 saturated carbocycles. The summed E-state index contributed by atoms with van der Waals surface area (Å²) in [4.78, 5) is 10.8. The second-order valence-corrected chi connectivity index (χ2v) is 14.3. The van der Waals surface area contributed by atoms with Crippen LogP contribution in [-0.4, -0.2) is 13.6 Å². The maximum atomic E-state index is 10.8. The Morgan fingerprint density at radius 2 is 2.12 bits per heavy atom. The molecule has 0 aromatic rings. The molecule has 4 heteroatoms. The number of halogens is 2. The first-order chi connectivity index (χ1) is 11.5. The number of aldehydes is 1. The van der Waals surface area contributed by atoms with E-state index in [4.69, 9.17) is 3.07 Å². The van der Waals surface area contributed by atoms with Crippen LogP contribution in [-0.2, 0) is 7.86 Å². The number of rotatable bonds is 4. The van der Waals surface area contributed by atoms with Crippen LogP contribution in [0.1, 0.15) is 59.3 Å². The molecule has 0 radical (unpaired) electrons. The third-order valence-corrected chi connectivity index (χ3v) is 13.0. The molecule has 0 N–H and O–H groups in total. The van der Waals surface area contributed by atoms with Crippen LogP contribution in [0.5, 0.6) is 0 Å². The average Bonchev–Trinajstić information content (AvgIpc) is 2.89. The molecule has 0 aromatic heterocycles. The molecule has 0 aromatic carbocycles. The predicted molar refractivity (Wildman–Crippen MR) is 89.6 cm³/mol. The van der Waals surface area contributed by atoms with Crippen molar-refractivity contribution < 1.29 is 50.7 Å². The zero-order valence-electron chi connectivity index (χ0n) is 14.9. The summed E-state index contributed by atoms with van der Waals surface area (Å²) in [6.45, 7) is 7.48. The summed E-state index contributed by atoms with van der Waals surface area (Å²) in [6.07, 6.45) is 14.7. The fourth-order valence-corrected chi connectivity index (χ4v) is 11.7. The first-order valence-electron chi connectivity index (χ1n) is 9.03. The van der Waals surface area contributed by atoms with Crippen molar-refractivity contribution in [3.05, 3.63) is 33.1 Å². The zero-order chi connectivity index (χ0) is 17.2. The van der Waals surface area contributed by atoms with E-state index in [0.717, 1.165) is 46.2 Å². The van der Waals surface area contributed by atoms with Gasteiger partial charge in [0.15, 0.2) is 0 Å². The molecule has 1 saturated heterocycles. The molecule has 3 rings (SSSR count). The number of hydrogen-bond acceptors (Lipinski definition) is 2. The Morgan fingerprint density at radius 3 is 2.83 bits per heavy atom. The van der Waals surface area contributed by atoms with Crippen LogP contribution in [0.3, 0.4) is 0 Å². The molecule has 136 valence electrons. The van der Waals surface area contributed by atoms with E-state index < -0.39 is 0 Å². The van der Waals surface area contributed by atoms with Crippen molar-refractivity contribution >= 4 is 6.29 Å². The second-order valence-electron chi connectivity index (χ2n) is 7.52. The molecule has 4 atom stereocenters. The molecule has 24 heavy (non-hydrogen) atoms. The van der Waals surface area contributed by atoms with Gasteiger partial charge in [-0.15, -0.1) is 0 Å². The molecule has 2 heterocycles. The minimum atomic E-state index is -0.371. The van der Waals surface area contributed by atoms with Crippen molar-refractivity contribution in [2.45, 2.75) is 66.6 Å². The van der Waals surface area contributed by atoms with Gasteiger partial charge in [0, 0.05) is 0 Å². The van der Waals surface area contributed by atoms with E-state index in [-0.39, 0.29) is 42.8 Å². The standard InChI is InChI=1S/C20H28I2O2/c1-14-5-4-6-17(12-20(3)15(2)11-19(14)21-20)22-24-18-9-7-16(13-23)8-10-18/h7,9,12-15,19H,4-6,8,10-11H2,1-3H3/q-2/t14?,15-,19?,20?/m1/s1. The summed E-state index contributed by atoms with van der Waals surface area (Å²) < 4.78 is 9.33. The summed E-state index contributed by atoms with van der Waals surface area (Å²) in [5.74, 6) is 2.84. The quantitative estimate of drug-likeness (QED) is 0.248. The summed E-state index contributed by atoms with van der Waals surface area (Å²) in [5, 5.41) is 0. The van der Waals surface area contributed by atoms with Crippen molar-refractivity contribution in [2.75, 3.05) is 0 Å². The van der Waals surface area contributed by atoms with Crippen LogP contribution in [0.15, 0.2) is 33.1 Å². The van der Waals surface area contributed by atoms with Gasteiger partial charge in [-0.3, -0.25) is 0 Å². The molecule has 1 aliphatic carbocycles. The Morgan fingerprint density at radius 1 is 1.29 bits per heavy atom. The van der Waals surface area contributed by atoms with Crippen molar-refractivity contribution in [2.24, 2.45) is 11.8 Å². The van der Waals surface area contributed by atoms with E-state index in [1.165, 1.54) is 25.7 Å². The zero-order valence-corrected chi connectivity index (χ0v) is 19.2. The van der Waals surface area contributed by atoms with Crippen molar-refractivity contribution in [3.8, 4) is 0 Å². The Hall–Kier alpha value is 0.150. The van der Waals surface area contributed by atoms with E-state index in [0.29, 0.717) is 3.42 Å². The number of hydrogen-bond donors (Lipinski definition) is 0. The summed E-state index contributed by atoms with van der Waals surface area (Å²) >= 11 is -0.137.